The first kappa shape index (κ1) is 16.5. The minimum atomic E-state index is -0.223. The zero-order chi connectivity index (χ0) is 16.2. The number of aryl methyl sites for hydroxylation is 1. The molecule has 2 saturated heterocycles. The van der Waals surface area contributed by atoms with Crippen LogP contribution in [0.2, 0.25) is 0 Å². The van der Waals surface area contributed by atoms with Crippen LogP contribution in [0.1, 0.15) is 37.3 Å². The van der Waals surface area contributed by atoms with Crippen LogP contribution < -0.4 is 0 Å². The Hall–Kier alpha value is -1.39. The maximum absolute atomic E-state index is 12.5. The number of amides is 1. The molecule has 126 valence electrons. The summed E-state index contributed by atoms with van der Waals surface area (Å²) in [5.74, 6) is 0.518. The Kier molecular flexibility index (Phi) is 5.34. The molecule has 0 saturated carbocycles. The summed E-state index contributed by atoms with van der Waals surface area (Å²) in [5, 5.41) is 0. The summed E-state index contributed by atoms with van der Waals surface area (Å²) < 4.78 is 11.7. The van der Waals surface area contributed by atoms with E-state index in [4.69, 9.17) is 9.47 Å². The monoisotopic (exact) mass is 317 g/mol. The number of benzene rings is 1. The van der Waals surface area contributed by atoms with Gasteiger partial charge in [-0.25, -0.2) is 0 Å². The number of hydrogen-bond donors (Lipinski definition) is 0. The van der Waals surface area contributed by atoms with Crippen LogP contribution >= 0.6 is 0 Å². The first-order valence-corrected chi connectivity index (χ1v) is 8.71. The average Bonchev–Trinajstić information content (AvgIpc) is 3.00. The summed E-state index contributed by atoms with van der Waals surface area (Å²) in [5.41, 5.74) is 2.52. The number of ether oxygens (including phenoxy) is 2. The number of likely N-dealkylation sites (tertiary alicyclic amines) is 1. The van der Waals surface area contributed by atoms with Gasteiger partial charge < -0.3 is 14.4 Å². The van der Waals surface area contributed by atoms with Gasteiger partial charge in [-0.1, -0.05) is 31.2 Å². The third kappa shape index (κ3) is 3.93. The molecule has 1 aromatic rings. The highest BCUT2D eigenvalue weighted by atomic mass is 16.5. The standard InChI is InChI=1S/C19H27NO3/c1-14-5-3-4-6-16(14)13-23-17-7-10-20(11-8-17)19(21)18-15(2)9-12-22-18/h3-6,15,17-18H,7-13H2,1-2H3/t15-,18+/m1/s1. The first-order chi connectivity index (χ1) is 11.1. The molecule has 2 fully saturated rings. The SMILES string of the molecule is Cc1ccccc1COC1CCN(C(=O)[C@H]2OCC[C@H]2C)CC1. The van der Waals surface area contributed by atoms with Gasteiger partial charge >= 0.3 is 0 Å². The van der Waals surface area contributed by atoms with Gasteiger partial charge in [0.1, 0.15) is 6.10 Å². The fraction of sp³-hybridized carbons (Fsp3) is 0.632. The third-order valence-corrected chi connectivity index (χ3v) is 5.12. The van der Waals surface area contributed by atoms with Crippen molar-refractivity contribution in [2.24, 2.45) is 5.92 Å². The summed E-state index contributed by atoms with van der Waals surface area (Å²) in [7, 11) is 0. The van der Waals surface area contributed by atoms with E-state index in [2.05, 4.69) is 38.1 Å². The molecule has 2 heterocycles. The summed E-state index contributed by atoms with van der Waals surface area (Å²) in [6.07, 6.45) is 2.85. The highest BCUT2D eigenvalue weighted by Gasteiger charge is 2.35. The summed E-state index contributed by atoms with van der Waals surface area (Å²) in [6, 6.07) is 8.33. The summed E-state index contributed by atoms with van der Waals surface area (Å²) in [6.45, 7) is 7.16. The van der Waals surface area contributed by atoms with Crippen LogP contribution in [0.15, 0.2) is 24.3 Å². The van der Waals surface area contributed by atoms with Crippen molar-refractivity contribution in [3.63, 3.8) is 0 Å². The molecular weight excluding hydrogens is 290 g/mol. The number of carbonyl (C=O) groups is 1. The molecule has 0 aliphatic carbocycles. The van der Waals surface area contributed by atoms with Crippen LogP contribution in [0.4, 0.5) is 0 Å². The van der Waals surface area contributed by atoms with Crippen molar-refractivity contribution in [1.82, 2.24) is 4.90 Å². The predicted molar refractivity (Wildman–Crippen MR) is 89.1 cm³/mol. The molecule has 2 aliphatic heterocycles. The van der Waals surface area contributed by atoms with Crippen molar-refractivity contribution in [3.05, 3.63) is 35.4 Å². The minimum Gasteiger partial charge on any atom is -0.373 e. The van der Waals surface area contributed by atoms with E-state index in [9.17, 15) is 4.79 Å². The lowest BCUT2D eigenvalue weighted by atomic mass is 10.0. The number of nitrogens with zero attached hydrogens (tertiary/aromatic N) is 1. The zero-order valence-electron chi connectivity index (χ0n) is 14.2. The van der Waals surface area contributed by atoms with E-state index in [1.807, 2.05) is 4.90 Å². The van der Waals surface area contributed by atoms with Gasteiger partial charge in [0.2, 0.25) is 0 Å². The molecule has 0 spiro atoms. The maximum Gasteiger partial charge on any atom is 0.251 e. The average molecular weight is 317 g/mol. The number of piperidine rings is 1. The second-order valence-electron chi connectivity index (χ2n) is 6.82. The zero-order valence-corrected chi connectivity index (χ0v) is 14.2. The van der Waals surface area contributed by atoms with Crippen LogP contribution in [-0.4, -0.2) is 42.7 Å². The highest BCUT2D eigenvalue weighted by Crippen LogP contribution is 2.24. The number of carbonyl (C=O) groups excluding carboxylic acids is 1. The third-order valence-electron chi connectivity index (χ3n) is 5.12. The molecule has 1 amide bonds. The van der Waals surface area contributed by atoms with E-state index < -0.39 is 0 Å². The smallest absolute Gasteiger partial charge is 0.251 e. The molecule has 23 heavy (non-hydrogen) atoms. The topological polar surface area (TPSA) is 38.8 Å². The Morgan fingerprint density at radius 3 is 2.65 bits per heavy atom. The molecule has 0 aromatic heterocycles. The Morgan fingerprint density at radius 1 is 1.26 bits per heavy atom. The normalized spacial score (nSPS) is 25.7. The van der Waals surface area contributed by atoms with Crippen molar-refractivity contribution >= 4 is 5.91 Å². The van der Waals surface area contributed by atoms with Crippen molar-refractivity contribution in [3.8, 4) is 0 Å². The number of rotatable bonds is 4. The fourth-order valence-corrected chi connectivity index (χ4v) is 3.41. The van der Waals surface area contributed by atoms with Gasteiger partial charge in [-0.15, -0.1) is 0 Å². The van der Waals surface area contributed by atoms with Gasteiger partial charge in [0.15, 0.2) is 0 Å². The highest BCUT2D eigenvalue weighted by molar-refractivity contribution is 5.81. The van der Waals surface area contributed by atoms with Crippen LogP contribution in [0.25, 0.3) is 0 Å². The predicted octanol–water partition coefficient (Wildman–Crippen LogP) is 2.93. The van der Waals surface area contributed by atoms with Crippen molar-refractivity contribution in [2.45, 2.75) is 51.9 Å². The van der Waals surface area contributed by atoms with Crippen molar-refractivity contribution < 1.29 is 14.3 Å². The molecule has 1 aromatic carbocycles. The Bertz CT molecular complexity index is 537. The lowest BCUT2D eigenvalue weighted by Gasteiger charge is -2.34. The lowest BCUT2D eigenvalue weighted by molar-refractivity contribution is -0.145. The van der Waals surface area contributed by atoms with E-state index in [-0.39, 0.29) is 18.1 Å². The molecule has 3 rings (SSSR count). The van der Waals surface area contributed by atoms with Gasteiger partial charge in [-0.3, -0.25) is 4.79 Å². The van der Waals surface area contributed by atoms with Gasteiger partial charge in [0.25, 0.3) is 5.91 Å². The summed E-state index contributed by atoms with van der Waals surface area (Å²) >= 11 is 0. The second-order valence-corrected chi connectivity index (χ2v) is 6.82. The summed E-state index contributed by atoms with van der Waals surface area (Å²) in [4.78, 5) is 14.5. The van der Waals surface area contributed by atoms with Crippen LogP contribution in [0.5, 0.6) is 0 Å². The van der Waals surface area contributed by atoms with E-state index in [1.54, 1.807) is 0 Å². The largest absolute Gasteiger partial charge is 0.373 e. The van der Waals surface area contributed by atoms with Crippen molar-refractivity contribution in [2.75, 3.05) is 19.7 Å². The Labute approximate surface area is 138 Å². The quantitative estimate of drug-likeness (QED) is 0.857. The molecule has 0 unspecified atom stereocenters. The minimum absolute atomic E-state index is 0.173. The van der Waals surface area contributed by atoms with E-state index in [1.165, 1.54) is 11.1 Å². The number of hydrogen-bond acceptors (Lipinski definition) is 3. The van der Waals surface area contributed by atoms with Gasteiger partial charge in [-0.2, -0.15) is 0 Å². The van der Waals surface area contributed by atoms with E-state index in [0.717, 1.165) is 32.4 Å². The Morgan fingerprint density at radius 2 is 2.00 bits per heavy atom. The first-order valence-electron chi connectivity index (χ1n) is 8.71. The Balaban J connectivity index is 1.45. The van der Waals surface area contributed by atoms with Crippen LogP contribution in [0, 0.1) is 12.8 Å². The van der Waals surface area contributed by atoms with E-state index in [0.29, 0.717) is 19.1 Å². The van der Waals surface area contributed by atoms with Crippen molar-refractivity contribution in [1.29, 1.82) is 0 Å². The molecule has 0 N–H and O–H groups in total. The van der Waals surface area contributed by atoms with Gasteiger partial charge in [0.05, 0.1) is 12.7 Å². The fourth-order valence-electron chi connectivity index (χ4n) is 3.41. The second kappa shape index (κ2) is 7.45. The molecular formula is C19H27NO3. The van der Waals surface area contributed by atoms with Crippen LogP contribution in [-0.2, 0) is 20.9 Å². The van der Waals surface area contributed by atoms with E-state index >= 15 is 0 Å². The molecule has 4 nitrogen and oxygen atoms in total. The lowest BCUT2D eigenvalue weighted by Crippen LogP contribution is -2.46. The molecule has 2 atom stereocenters. The molecule has 0 radical (unpaired) electrons. The van der Waals surface area contributed by atoms with Crippen LogP contribution in [0.3, 0.4) is 0 Å². The van der Waals surface area contributed by atoms with Gasteiger partial charge in [0, 0.05) is 19.7 Å². The maximum atomic E-state index is 12.5. The van der Waals surface area contributed by atoms with Gasteiger partial charge in [-0.05, 0) is 43.2 Å². The molecule has 0 bridgehead atoms. The molecule has 2 aliphatic rings. The molecule has 4 heteroatoms.